The van der Waals surface area contributed by atoms with Gasteiger partial charge in [-0.3, -0.25) is 4.79 Å². The average molecular weight is 309 g/mol. The highest BCUT2D eigenvalue weighted by Gasteiger charge is 2.22. The third-order valence-corrected chi connectivity index (χ3v) is 3.89. The molecular weight excluding hydrogens is 290 g/mol. The molecule has 118 valence electrons. The predicted octanol–water partition coefficient (Wildman–Crippen LogP) is 3.63. The zero-order valence-electron chi connectivity index (χ0n) is 13.0. The first-order valence-corrected chi connectivity index (χ1v) is 7.73. The van der Waals surface area contributed by atoms with E-state index in [9.17, 15) is 9.59 Å². The third-order valence-electron chi connectivity index (χ3n) is 3.89. The summed E-state index contributed by atoms with van der Waals surface area (Å²) in [5.41, 5.74) is 3.50. The van der Waals surface area contributed by atoms with Crippen LogP contribution in [0.3, 0.4) is 0 Å². The van der Waals surface area contributed by atoms with Gasteiger partial charge in [0.25, 0.3) is 0 Å². The SMILES string of the molecule is CCN1C(=O)CCc2cc(NC(=O)Nc3ccccc3)ccc21. The van der Waals surface area contributed by atoms with Crippen LogP contribution in [0.15, 0.2) is 48.5 Å². The largest absolute Gasteiger partial charge is 0.323 e. The summed E-state index contributed by atoms with van der Waals surface area (Å²) < 4.78 is 0. The van der Waals surface area contributed by atoms with Crippen molar-refractivity contribution in [3.63, 3.8) is 0 Å². The van der Waals surface area contributed by atoms with E-state index in [-0.39, 0.29) is 11.9 Å². The van der Waals surface area contributed by atoms with Crippen molar-refractivity contribution in [2.24, 2.45) is 0 Å². The lowest BCUT2D eigenvalue weighted by molar-refractivity contribution is -0.118. The maximum Gasteiger partial charge on any atom is 0.323 e. The topological polar surface area (TPSA) is 61.4 Å². The molecule has 5 heteroatoms. The van der Waals surface area contributed by atoms with Crippen molar-refractivity contribution in [3.05, 3.63) is 54.1 Å². The first-order chi connectivity index (χ1) is 11.2. The van der Waals surface area contributed by atoms with Gasteiger partial charge in [0.15, 0.2) is 0 Å². The number of urea groups is 1. The van der Waals surface area contributed by atoms with Crippen molar-refractivity contribution in [3.8, 4) is 0 Å². The Bertz CT molecular complexity index is 728. The molecule has 0 fully saturated rings. The molecule has 1 aliphatic rings. The minimum absolute atomic E-state index is 0.155. The Morgan fingerprint density at radius 2 is 1.78 bits per heavy atom. The van der Waals surface area contributed by atoms with E-state index in [1.54, 1.807) is 4.90 Å². The summed E-state index contributed by atoms with van der Waals surface area (Å²) in [6.07, 6.45) is 1.22. The fraction of sp³-hybridized carbons (Fsp3) is 0.222. The fourth-order valence-corrected chi connectivity index (χ4v) is 2.80. The van der Waals surface area contributed by atoms with Crippen LogP contribution in [0.1, 0.15) is 18.9 Å². The van der Waals surface area contributed by atoms with Gasteiger partial charge >= 0.3 is 6.03 Å². The second-order valence-electron chi connectivity index (χ2n) is 5.43. The standard InChI is InChI=1S/C18H19N3O2/c1-2-21-16-10-9-15(12-13(16)8-11-17(21)22)20-18(23)19-14-6-4-3-5-7-14/h3-7,9-10,12H,2,8,11H2,1H3,(H2,19,20,23). The zero-order valence-corrected chi connectivity index (χ0v) is 13.0. The van der Waals surface area contributed by atoms with Crippen molar-refractivity contribution in [1.82, 2.24) is 0 Å². The smallest absolute Gasteiger partial charge is 0.312 e. The molecule has 0 saturated heterocycles. The summed E-state index contributed by atoms with van der Waals surface area (Å²) in [7, 11) is 0. The van der Waals surface area contributed by atoms with Crippen molar-refractivity contribution in [2.45, 2.75) is 19.8 Å². The van der Waals surface area contributed by atoms with E-state index in [0.29, 0.717) is 19.4 Å². The van der Waals surface area contributed by atoms with Gasteiger partial charge in [-0.2, -0.15) is 0 Å². The van der Waals surface area contributed by atoms with Crippen LogP contribution in [-0.2, 0) is 11.2 Å². The number of hydrogen-bond acceptors (Lipinski definition) is 2. The summed E-state index contributed by atoms with van der Waals surface area (Å²) in [5, 5.41) is 5.61. The van der Waals surface area contributed by atoms with Crippen LogP contribution in [-0.4, -0.2) is 18.5 Å². The Hall–Kier alpha value is -2.82. The number of anilines is 3. The van der Waals surface area contributed by atoms with E-state index in [2.05, 4.69) is 10.6 Å². The Balaban J connectivity index is 1.72. The molecule has 3 amide bonds. The molecule has 0 spiro atoms. The van der Waals surface area contributed by atoms with Gasteiger partial charge in [0, 0.05) is 30.0 Å². The molecule has 5 nitrogen and oxygen atoms in total. The number of nitrogens with zero attached hydrogens (tertiary/aromatic N) is 1. The van der Waals surface area contributed by atoms with E-state index in [1.165, 1.54) is 0 Å². The van der Waals surface area contributed by atoms with Gasteiger partial charge in [0.2, 0.25) is 5.91 Å². The monoisotopic (exact) mass is 309 g/mol. The van der Waals surface area contributed by atoms with E-state index < -0.39 is 0 Å². The summed E-state index contributed by atoms with van der Waals surface area (Å²) >= 11 is 0. The minimum Gasteiger partial charge on any atom is -0.312 e. The Kier molecular flexibility index (Phi) is 4.28. The molecule has 2 N–H and O–H groups in total. The van der Waals surface area contributed by atoms with Crippen LogP contribution < -0.4 is 15.5 Å². The first kappa shape index (κ1) is 15.1. The average Bonchev–Trinajstić information content (AvgIpc) is 2.56. The van der Waals surface area contributed by atoms with Crippen LogP contribution in [0.25, 0.3) is 0 Å². The zero-order chi connectivity index (χ0) is 16.2. The van der Waals surface area contributed by atoms with Gasteiger partial charge in [-0.15, -0.1) is 0 Å². The molecule has 0 unspecified atom stereocenters. The van der Waals surface area contributed by atoms with Crippen LogP contribution in [0.2, 0.25) is 0 Å². The molecular formula is C18H19N3O2. The molecule has 1 aliphatic heterocycles. The lowest BCUT2D eigenvalue weighted by atomic mass is 10.0. The molecule has 3 rings (SSSR count). The quantitative estimate of drug-likeness (QED) is 0.909. The normalized spacial score (nSPS) is 13.4. The number of carbonyl (C=O) groups is 2. The number of benzene rings is 2. The molecule has 0 saturated carbocycles. The fourth-order valence-electron chi connectivity index (χ4n) is 2.80. The number of amides is 3. The molecule has 0 bridgehead atoms. The van der Waals surface area contributed by atoms with Crippen molar-refractivity contribution in [1.29, 1.82) is 0 Å². The molecule has 0 aromatic heterocycles. The molecule has 2 aromatic rings. The van der Waals surface area contributed by atoms with Crippen LogP contribution in [0.4, 0.5) is 21.9 Å². The molecule has 23 heavy (non-hydrogen) atoms. The van der Waals surface area contributed by atoms with Gasteiger partial charge in [0.05, 0.1) is 0 Å². The maximum absolute atomic E-state index is 12.0. The molecule has 1 heterocycles. The van der Waals surface area contributed by atoms with E-state index in [4.69, 9.17) is 0 Å². The van der Waals surface area contributed by atoms with E-state index in [0.717, 1.165) is 22.6 Å². The van der Waals surface area contributed by atoms with Gasteiger partial charge in [0.1, 0.15) is 0 Å². The summed E-state index contributed by atoms with van der Waals surface area (Å²) in [6.45, 7) is 2.62. The number of para-hydroxylation sites is 1. The summed E-state index contributed by atoms with van der Waals surface area (Å²) in [5.74, 6) is 0.155. The summed E-state index contributed by atoms with van der Waals surface area (Å²) in [6, 6.07) is 14.7. The highest BCUT2D eigenvalue weighted by atomic mass is 16.2. The van der Waals surface area contributed by atoms with Crippen molar-refractivity contribution >= 4 is 29.0 Å². The van der Waals surface area contributed by atoms with Crippen LogP contribution in [0, 0.1) is 0 Å². The first-order valence-electron chi connectivity index (χ1n) is 7.73. The lowest BCUT2D eigenvalue weighted by Gasteiger charge is -2.28. The number of hydrogen-bond donors (Lipinski definition) is 2. The number of nitrogens with one attached hydrogen (secondary N) is 2. The lowest BCUT2D eigenvalue weighted by Crippen LogP contribution is -2.34. The Labute approximate surface area is 135 Å². The predicted molar refractivity (Wildman–Crippen MR) is 91.9 cm³/mol. The molecule has 0 aliphatic carbocycles. The summed E-state index contributed by atoms with van der Waals surface area (Å²) in [4.78, 5) is 25.7. The van der Waals surface area contributed by atoms with Crippen LogP contribution >= 0.6 is 0 Å². The third kappa shape index (κ3) is 3.34. The van der Waals surface area contributed by atoms with Crippen LogP contribution in [0.5, 0.6) is 0 Å². The number of fused-ring (bicyclic) bond motifs is 1. The maximum atomic E-state index is 12.0. The highest BCUT2D eigenvalue weighted by molar-refractivity contribution is 6.01. The minimum atomic E-state index is -0.282. The Morgan fingerprint density at radius 3 is 2.52 bits per heavy atom. The highest BCUT2D eigenvalue weighted by Crippen LogP contribution is 2.30. The van der Waals surface area contributed by atoms with Gasteiger partial charge < -0.3 is 15.5 Å². The van der Waals surface area contributed by atoms with E-state index in [1.807, 2.05) is 55.5 Å². The second kappa shape index (κ2) is 6.52. The molecule has 0 atom stereocenters. The Morgan fingerprint density at radius 1 is 1.04 bits per heavy atom. The van der Waals surface area contributed by atoms with Gasteiger partial charge in [-0.1, -0.05) is 18.2 Å². The van der Waals surface area contributed by atoms with Crippen molar-refractivity contribution in [2.75, 3.05) is 22.1 Å². The molecule has 0 radical (unpaired) electrons. The van der Waals surface area contributed by atoms with Gasteiger partial charge in [-0.25, -0.2) is 4.79 Å². The number of rotatable bonds is 3. The number of carbonyl (C=O) groups excluding carboxylic acids is 2. The second-order valence-corrected chi connectivity index (χ2v) is 5.43. The van der Waals surface area contributed by atoms with Gasteiger partial charge in [-0.05, 0) is 49.2 Å². The number of aryl methyl sites for hydroxylation is 1. The molecule has 2 aromatic carbocycles. The van der Waals surface area contributed by atoms with Crippen molar-refractivity contribution < 1.29 is 9.59 Å². The van der Waals surface area contributed by atoms with E-state index >= 15 is 0 Å².